The summed E-state index contributed by atoms with van der Waals surface area (Å²) in [5.41, 5.74) is 2.51. The molecule has 1 aliphatic rings. The molecule has 0 spiro atoms. The van der Waals surface area contributed by atoms with Crippen LogP contribution < -0.4 is 16.0 Å². The highest BCUT2D eigenvalue weighted by Gasteiger charge is 2.28. The summed E-state index contributed by atoms with van der Waals surface area (Å²) in [4.78, 5) is 53.5. The van der Waals surface area contributed by atoms with E-state index in [1.807, 2.05) is 0 Å². The number of carboxylic acids is 1. The number of carbonyl (C=O) groups excluding carboxylic acids is 2. The van der Waals surface area contributed by atoms with Gasteiger partial charge in [-0.1, -0.05) is 6.07 Å². The van der Waals surface area contributed by atoms with Gasteiger partial charge in [-0.15, -0.1) is 0 Å². The Balaban J connectivity index is 1.64. The van der Waals surface area contributed by atoms with Gasteiger partial charge in [-0.2, -0.15) is 0 Å². The smallest absolute Gasteiger partial charge is 0.303 e. The van der Waals surface area contributed by atoms with Gasteiger partial charge in [0.05, 0.1) is 41.2 Å². The molecule has 1 aliphatic carbocycles. The Kier molecular flexibility index (Phi) is 6.72. The van der Waals surface area contributed by atoms with E-state index in [2.05, 4.69) is 35.9 Å². The van der Waals surface area contributed by atoms with E-state index in [0.29, 0.717) is 11.3 Å². The zero-order chi connectivity index (χ0) is 24.1. The molecular weight excluding hydrogens is 438 g/mol. The van der Waals surface area contributed by atoms with Crippen LogP contribution in [0.5, 0.6) is 0 Å². The molecule has 0 unspecified atom stereocenters. The van der Waals surface area contributed by atoms with Crippen molar-refractivity contribution in [2.24, 2.45) is 0 Å². The van der Waals surface area contributed by atoms with Gasteiger partial charge in [0.15, 0.2) is 11.5 Å². The molecular formula is C23H23N7O4. The first kappa shape index (κ1) is 22.8. The number of nitrogens with one attached hydrogen (secondary N) is 3. The van der Waals surface area contributed by atoms with Crippen molar-refractivity contribution in [3.8, 4) is 0 Å². The van der Waals surface area contributed by atoms with Crippen LogP contribution >= 0.6 is 0 Å². The lowest BCUT2D eigenvalue weighted by atomic mass is 10.0. The number of carbonyl (C=O) groups is 3. The van der Waals surface area contributed by atoms with Crippen molar-refractivity contribution >= 4 is 35.0 Å². The third kappa shape index (κ3) is 5.49. The van der Waals surface area contributed by atoms with Gasteiger partial charge in [0, 0.05) is 19.4 Å². The minimum Gasteiger partial charge on any atom is -0.481 e. The van der Waals surface area contributed by atoms with Crippen LogP contribution in [0.1, 0.15) is 57.3 Å². The van der Waals surface area contributed by atoms with Crippen LogP contribution in [-0.4, -0.2) is 49.9 Å². The van der Waals surface area contributed by atoms with Gasteiger partial charge in [-0.3, -0.25) is 14.4 Å². The van der Waals surface area contributed by atoms with Crippen LogP contribution in [-0.2, 0) is 11.2 Å². The van der Waals surface area contributed by atoms with Gasteiger partial charge < -0.3 is 21.1 Å². The number of hydrogen-bond donors (Lipinski definition) is 4. The highest BCUT2D eigenvalue weighted by molar-refractivity contribution is 6.10. The summed E-state index contributed by atoms with van der Waals surface area (Å²) < 4.78 is 0. The molecule has 0 aliphatic heterocycles. The second kappa shape index (κ2) is 10.0. The summed E-state index contributed by atoms with van der Waals surface area (Å²) in [5.74, 6) is -1.38. The summed E-state index contributed by atoms with van der Waals surface area (Å²) >= 11 is 0. The number of aromatic nitrogens is 4. The molecule has 0 saturated heterocycles. The topological polar surface area (TPSA) is 159 Å². The number of amides is 2. The van der Waals surface area contributed by atoms with Crippen molar-refractivity contribution < 1.29 is 19.5 Å². The van der Waals surface area contributed by atoms with Crippen molar-refractivity contribution in [2.75, 3.05) is 17.7 Å². The third-order valence-electron chi connectivity index (χ3n) is 5.26. The van der Waals surface area contributed by atoms with Gasteiger partial charge in [0.2, 0.25) is 0 Å². The summed E-state index contributed by atoms with van der Waals surface area (Å²) in [6.07, 6.45) is 8.31. The lowest BCUT2D eigenvalue weighted by molar-refractivity contribution is -0.136. The van der Waals surface area contributed by atoms with Crippen LogP contribution in [0.2, 0.25) is 0 Å². The Morgan fingerprint density at radius 1 is 1.09 bits per heavy atom. The third-order valence-corrected chi connectivity index (χ3v) is 5.26. The molecule has 3 aromatic rings. The summed E-state index contributed by atoms with van der Waals surface area (Å²) in [6, 6.07) is 4.83. The van der Waals surface area contributed by atoms with Crippen molar-refractivity contribution in [1.82, 2.24) is 25.3 Å². The normalized spacial score (nSPS) is 12.6. The van der Waals surface area contributed by atoms with E-state index in [4.69, 9.17) is 5.11 Å². The Bertz CT molecular complexity index is 1230. The maximum Gasteiger partial charge on any atom is 0.303 e. The molecule has 2 heterocycles. The summed E-state index contributed by atoms with van der Waals surface area (Å²) in [7, 11) is 1.48. The van der Waals surface area contributed by atoms with Crippen LogP contribution in [0.25, 0.3) is 0 Å². The Morgan fingerprint density at radius 2 is 1.85 bits per heavy atom. The van der Waals surface area contributed by atoms with Gasteiger partial charge in [0.1, 0.15) is 6.33 Å². The number of nitrogens with zero attached hydrogens (tertiary/aromatic N) is 4. The number of rotatable bonds is 9. The zero-order valence-corrected chi connectivity index (χ0v) is 18.4. The van der Waals surface area contributed by atoms with E-state index >= 15 is 0 Å². The maximum absolute atomic E-state index is 13.3. The van der Waals surface area contributed by atoms with E-state index in [9.17, 15) is 14.4 Å². The number of aryl methyl sites for hydroxylation is 1. The summed E-state index contributed by atoms with van der Waals surface area (Å²) in [5, 5.41) is 17.2. The number of aliphatic carboxylic acids is 1. The molecule has 2 amide bonds. The average molecular weight is 461 g/mol. The molecule has 0 bridgehead atoms. The number of hydrogen-bond acceptors (Lipinski definition) is 8. The van der Waals surface area contributed by atoms with Gasteiger partial charge >= 0.3 is 5.97 Å². The second-order valence-corrected chi connectivity index (χ2v) is 7.83. The first-order valence-corrected chi connectivity index (χ1v) is 10.7. The fourth-order valence-electron chi connectivity index (χ4n) is 3.34. The number of anilines is 3. The van der Waals surface area contributed by atoms with Crippen LogP contribution in [0.15, 0.2) is 43.1 Å². The molecule has 1 saturated carbocycles. The van der Waals surface area contributed by atoms with E-state index in [-0.39, 0.29) is 41.5 Å². The largest absolute Gasteiger partial charge is 0.481 e. The maximum atomic E-state index is 13.3. The standard InChI is InChI=1S/C23H23N7O4/c1-24-22(33)16-8-13(3-7-19(31)32)2-6-17(16)30-23(34)20-21(28-15-9-25-12-26-10-15)27-11-18(29-20)14-4-5-14/h2,6,8-12,14H,3-5,7H2,1H3,(H,24,33)(H,27,28)(H,30,34)(H,31,32). The summed E-state index contributed by atoms with van der Waals surface area (Å²) in [6.45, 7) is 0. The average Bonchev–Trinajstić information content (AvgIpc) is 3.69. The van der Waals surface area contributed by atoms with Crippen molar-refractivity contribution in [3.05, 3.63) is 65.6 Å². The van der Waals surface area contributed by atoms with Crippen LogP contribution in [0, 0.1) is 0 Å². The Labute approximate surface area is 195 Å². The molecule has 0 radical (unpaired) electrons. The minimum atomic E-state index is -0.933. The quantitative estimate of drug-likeness (QED) is 0.375. The van der Waals surface area contributed by atoms with Crippen LogP contribution in [0.4, 0.5) is 17.2 Å². The first-order valence-electron chi connectivity index (χ1n) is 10.7. The molecule has 34 heavy (non-hydrogen) atoms. The molecule has 2 aromatic heterocycles. The Morgan fingerprint density at radius 3 is 2.53 bits per heavy atom. The molecule has 11 nitrogen and oxygen atoms in total. The second-order valence-electron chi connectivity index (χ2n) is 7.83. The van der Waals surface area contributed by atoms with Gasteiger partial charge in [-0.05, 0) is 37.0 Å². The molecule has 174 valence electrons. The zero-order valence-electron chi connectivity index (χ0n) is 18.4. The molecule has 11 heteroatoms. The van der Waals surface area contributed by atoms with Crippen molar-refractivity contribution in [1.29, 1.82) is 0 Å². The number of carboxylic acid groups (broad SMARTS) is 1. The van der Waals surface area contributed by atoms with E-state index < -0.39 is 17.8 Å². The van der Waals surface area contributed by atoms with E-state index in [0.717, 1.165) is 18.5 Å². The first-order chi connectivity index (χ1) is 16.4. The molecule has 4 N–H and O–H groups in total. The molecule has 1 fully saturated rings. The fraction of sp³-hybridized carbons (Fsp3) is 0.261. The minimum absolute atomic E-state index is 0.0688. The lowest BCUT2D eigenvalue weighted by Crippen LogP contribution is -2.23. The molecule has 4 rings (SSSR count). The molecule has 0 atom stereocenters. The van der Waals surface area contributed by atoms with Gasteiger partial charge in [0.25, 0.3) is 11.8 Å². The van der Waals surface area contributed by atoms with E-state index in [1.54, 1.807) is 36.8 Å². The lowest BCUT2D eigenvalue weighted by Gasteiger charge is -2.14. The van der Waals surface area contributed by atoms with Crippen molar-refractivity contribution in [2.45, 2.75) is 31.6 Å². The van der Waals surface area contributed by atoms with Crippen LogP contribution in [0.3, 0.4) is 0 Å². The monoisotopic (exact) mass is 461 g/mol. The highest BCUT2D eigenvalue weighted by Crippen LogP contribution is 2.39. The predicted molar refractivity (Wildman–Crippen MR) is 123 cm³/mol. The van der Waals surface area contributed by atoms with Gasteiger partial charge in [-0.25, -0.2) is 19.9 Å². The predicted octanol–water partition coefficient (Wildman–Crippen LogP) is 2.52. The SMILES string of the molecule is CNC(=O)c1cc(CCC(=O)O)ccc1NC(=O)c1nc(C2CC2)cnc1Nc1cncnc1. The van der Waals surface area contributed by atoms with Crippen molar-refractivity contribution in [3.63, 3.8) is 0 Å². The molecule has 1 aromatic carbocycles. The van der Waals surface area contributed by atoms with E-state index in [1.165, 1.54) is 13.4 Å². The number of benzene rings is 1. The highest BCUT2D eigenvalue weighted by atomic mass is 16.4. The fourth-order valence-corrected chi connectivity index (χ4v) is 3.34. The Hall–Kier alpha value is -4.41.